The SMILES string of the molecule is CC(CC(N)c1ccc(Br)c2ccccc12)C(C)(C)C. The largest absolute Gasteiger partial charge is 0.324 e. The Kier molecular flexibility index (Phi) is 4.55. The Morgan fingerprint density at radius 3 is 2.25 bits per heavy atom. The zero-order valence-corrected chi connectivity index (χ0v) is 14.4. The van der Waals surface area contributed by atoms with Crippen molar-refractivity contribution in [3.63, 3.8) is 0 Å². The molecule has 0 aliphatic rings. The third kappa shape index (κ3) is 3.24. The maximum absolute atomic E-state index is 6.49. The van der Waals surface area contributed by atoms with Gasteiger partial charge in [0.25, 0.3) is 0 Å². The lowest BCUT2D eigenvalue weighted by atomic mass is 9.77. The smallest absolute Gasteiger partial charge is 0.0303 e. The molecule has 0 radical (unpaired) electrons. The first-order valence-corrected chi connectivity index (χ1v) is 8.02. The lowest BCUT2D eigenvalue weighted by Crippen LogP contribution is -2.23. The van der Waals surface area contributed by atoms with E-state index >= 15 is 0 Å². The van der Waals surface area contributed by atoms with E-state index in [1.807, 2.05) is 0 Å². The molecule has 2 unspecified atom stereocenters. The molecule has 2 aromatic carbocycles. The van der Waals surface area contributed by atoms with Crippen LogP contribution in [0, 0.1) is 11.3 Å². The highest BCUT2D eigenvalue weighted by Gasteiger charge is 2.23. The Labute approximate surface area is 130 Å². The minimum Gasteiger partial charge on any atom is -0.324 e. The molecular weight excluding hydrogens is 310 g/mol. The highest BCUT2D eigenvalue weighted by molar-refractivity contribution is 9.10. The molecule has 1 nitrogen and oxygen atoms in total. The monoisotopic (exact) mass is 333 g/mol. The first-order valence-electron chi connectivity index (χ1n) is 7.23. The first-order chi connectivity index (χ1) is 9.30. The van der Waals surface area contributed by atoms with Crippen LogP contribution in [0.1, 0.15) is 45.7 Å². The summed E-state index contributed by atoms with van der Waals surface area (Å²) in [6.07, 6.45) is 1.01. The summed E-state index contributed by atoms with van der Waals surface area (Å²) >= 11 is 3.62. The topological polar surface area (TPSA) is 26.0 Å². The van der Waals surface area contributed by atoms with Gasteiger partial charge in [0.2, 0.25) is 0 Å². The van der Waals surface area contributed by atoms with Crippen LogP contribution in [0.15, 0.2) is 40.9 Å². The molecule has 2 heteroatoms. The van der Waals surface area contributed by atoms with E-state index in [2.05, 4.69) is 80.0 Å². The standard InChI is InChI=1S/C18H24BrN/c1-12(18(2,3)4)11-17(20)15-9-10-16(19)14-8-6-5-7-13(14)15/h5-10,12,17H,11,20H2,1-4H3. The summed E-state index contributed by atoms with van der Waals surface area (Å²) in [5, 5.41) is 2.50. The van der Waals surface area contributed by atoms with Crippen LogP contribution in [0.4, 0.5) is 0 Å². The molecule has 0 bridgehead atoms. The average molecular weight is 334 g/mol. The lowest BCUT2D eigenvalue weighted by Gasteiger charge is -2.30. The van der Waals surface area contributed by atoms with Crippen LogP contribution in [-0.4, -0.2) is 0 Å². The predicted molar refractivity (Wildman–Crippen MR) is 91.8 cm³/mol. The van der Waals surface area contributed by atoms with E-state index in [9.17, 15) is 0 Å². The number of nitrogens with two attached hydrogens (primary N) is 1. The Bertz CT molecular complexity index is 598. The Hall–Kier alpha value is -0.860. The summed E-state index contributed by atoms with van der Waals surface area (Å²) < 4.78 is 1.13. The highest BCUT2D eigenvalue weighted by Crippen LogP contribution is 2.35. The fourth-order valence-electron chi connectivity index (χ4n) is 2.47. The number of fused-ring (bicyclic) bond motifs is 1. The normalized spacial score (nSPS) is 15.3. The Morgan fingerprint density at radius 1 is 1.05 bits per heavy atom. The van der Waals surface area contributed by atoms with Crippen molar-refractivity contribution in [3.05, 3.63) is 46.4 Å². The van der Waals surface area contributed by atoms with E-state index in [0.717, 1.165) is 10.9 Å². The minimum absolute atomic E-state index is 0.0854. The maximum atomic E-state index is 6.49. The predicted octanol–water partition coefficient (Wildman–Crippen LogP) is 5.67. The van der Waals surface area contributed by atoms with Crippen molar-refractivity contribution in [1.82, 2.24) is 0 Å². The molecule has 108 valence electrons. The molecule has 0 heterocycles. The fourth-order valence-corrected chi connectivity index (χ4v) is 2.95. The van der Waals surface area contributed by atoms with Gasteiger partial charge in [-0.05, 0) is 40.2 Å². The number of rotatable bonds is 3. The van der Waals surface area contributed by atoms with Crippen molar-refractivity contribution in [2.45, 2.75) is 40.2 Å². The lowest BCUT2D eigenvalue weighted by molar-refractivity contribution is 0.234. The zero-order chi connectivity index (χ0) is 14.9. The summed E-state index contributed by atoms with van der Waals surface area (Å²) in [7, 11) is 0. The van der Waals surface area contributed by atoms with Gasteiger partial charge in [0.15, 0.2) is 0 Å². The van der Waals surface area contributed by atoms with Gasteiger partial charge in [0, 0.05) is 10.5 Å². The molecule has 0 aromatic heterocycles. The molecule has 2 N–H and O–H groups in total. The van der Waals surface area contributed by atoms with Gasteiger partial charge in [-0.1, -0.05) is 74.0 Å². The molecule has 0 spiro atoms. The number of halogens is 1. The summed E-state index contributed by atoms with van der Waals surface area (Å²) in [4.78, 5) is 0. The third-order valence-electron chi connectivity index (χ3n) is 4.39. The van der Waals surface area contributed by atoms with Crippen molar-refractivity contribution in [1.29, 1.82) is 0 Å². The van der Waals surface area contributed by atoms with E-state index in [0.29, 0.717) is 11.3 Å². The third-order valence-corrected chi connectivity index (χ3v) is 5.08. The molecule has 0 saturated carbocycles. The van der Waals surface area contributed by atoms with Crippen molar-refractivity contribution in [2.24, 2.45) is 17.1 Å². The van der Waals surface area contributed by atoms with Gasteiger partial charge in [0.1, 0.15) is 0 Å². The minimum atomic E-state index is 0.0854. The molecule has 0 aliphatic heterocycles. The van der Waals surface area contributed by atoms with Crippen LogP contribution in [0.25, 0.3) is 10.8 Å². The van der Waals surface area contributed by atoms with Crippen LogP contribution in [0.3, 0.4) is 0 Å². The number of hydrogen-bond donors (Lipinski definition) is 1. The van der Waals surface area contributed by atoms with Crippen molar-refractivity contribution in [2.75, 3.05) is 0 Å². The van der Waals surface area contributed by atoms with E-state index in [-0.39, 0.29) is 6.04 Å². The number of benzene rings is 2. The molecule has 0 amide bonds. The second-order valence-corrected chi connectivity index (χ2v) is 7.65. The van der Waals surface area contributed by atoms with Gasteiger partial charge in [-0.15, -0.1) is 0 Å². The molecule has 2 rings (SSSR count). The average Bonchev–Trinajstić information content (AvgIpc) is 2.38. The fraction of sp³-hybridized carbons (Fsp3) is 0.444. The first kappa shape index (κ1) is 15.5. The van der Waals surface area contributed by atoms with Crippen LogP contribution in [0.2, 0.25) is 0 Å². The summed E-state index contributed by atoms with van der Waals surface area (Å²) in [6, 6.07) is 12.8. The maximum Gasteiger partial charge on any atom is 0.0303 e. The van der Waals surface area contributed by atoms with Gasteiger partial charge in [-0.2, -0.15) is 0 Å². The van der Waals surface area contributed by atoms with E-state index in [4.69, 9.17) is 5.73 Å². The van der Waals surface area contributed by atoms with E-state index in [1.165, 1.54) is 16.3 Å². The summed E-state index contributed by atoms with van der Waals surface area (Å²) in [5.41, 5.74) is 8.04. The van der Waals surface area contributed by atoms with Gasteiger partial charge in [-0.3, -0.25) is 0 Å². The van der Waals surface area contributed by atoms with Crippen molar-refractivity contribution in [3.8, 4) is 0 Å². The van der Waals surface area contributed by atoms with Crippen LogP contribution in [-0.2, 0) is 0 Å². The zero-order valence-electron chi connectivity index (χ0n) is 12.8. The summed E-state index contributed by atoms with van der Waals surface area (Å²) in [5.74, 6) is 0.583. The molecule has 2 aromatic rings. The van der Waals surface area contributed by atoms with Gasteiger partial charge < -0.3 is 5.73 Å². The van der Waals surface area contributed by atoms with Gasteiger partial charge >= 0.3 is 0 Å². The molecule has 20 heavy (non-hydrogen) atoms. The second kappa shape index (κ2) is 5.87. The second-order valence-electron chi connectivity index (χ2n) is 6.79. The molecule has 2 atom stereocenters. The van der Waals surface area contributed by atoms with Crippen LogP contribution >= 0.6 is 15.9 Å². The van der Waals surface area contributed by atoms with Crippen molar-refractivity contribution >= 4 is 26.7 Å². The van der Waals surface area contributed by atoms with Crippen LogP contribution < -0.4 is 5.73 Å². The summed E-state index contributed by atoms with van der Waals surface area (Å²) in [6.45, 7) is 9.14. The van der Waals surface area contributed by atoms with Gasteiger partial charge in [0.05, 0.1) is 0 Å². The van der Waals surface area contributed by atoms with Crippen LogP contribution in [0.5, 0.6) is 0 Å². The van der Waals surface area contributed by atoms with Crippen molar-refractivity contribution < 1.29 is 0 Å². The van der Waals surface area contributed by atoms with E-state index in [1.54, 1.807) is 0 Å². The quantitative estimate of drug-likeness (QED) is 0.768. The number of hydrogen-bond acceptors (Lipinski definition) is 1. The Morgan fingerprint density at radius 2 is 1.65 bits per heavy atom. The molecular formula is C18H24BrN. The van der Waals surface area contributed by atoms with Gasteiger partial charge in [-0.25, -0.2) is 0 Å². The highest BCUT2D eigenvalue weighted by atomic mass is 79.9. The molecule has 0 aliphatic carbocycles. The molecule has 0 saturated heterocycles. The van der Waals surface area contributed by atoms with E-state index < -0.39 is 0 Å². The molecule has 0 fully saturated rings. The Balaban J connectivity index is 2.36.